The summed E-state index contributed by atoms with van der Waals surface area (Å²) in [5.74, 6) is 0.954. The number of carbonyl (C=O) groups is 1. The van der Waals surface area contributed by atoms with Crippen LogP contribution in [0.25, 0.3) is 16.6 Å². The van der Waals surface area contributed by atoms with Crippen LogP contribution in [0.3, 0.4) is 0 Å². The molecule has 26 heavy (non-hydrogen) atoms. The first-order chi connectivity index (χ1) is 12.7. The maximum Gasteiger partial charge on any atom is 0.167 e. The number of rotatable bonds is 5. The van der Waals surface area contributed by atoms with E-state index in [9.17, 15) is 4.79 Å². The van der Waals surface area contributed by atoms with E-state index in [1.165, 1.54) is 10.5 Å². The van der Waals surface area contributed by atoms with Gasteiger partial charge in [0.1, 0.15) is 0 Å². The molecule has 2 aromatic heterocycles. The summed E-state index contributed by atoms with van der Waals surface area (Å²) < 4.78 is 1.97. The van der Waals surface area contributed by atoms with Crippen LogP contribution >= 0.6 is 11.8 Å². The van der Waals surface area contributed by atoms with Crippen LogP contribution in [-0.2, 0) is 5.75 Å². The predicted octanol–water partition coefficient (Wildman–Crippen LogP) is 6.02. The summed E-state index contributed by atoms with van der Waals surface area (Å²) >= 11 is 1.82. The Labute approximate surface area is 157 Å². The molecule has 0 fully saturated rings. The van der Waals surface area contributed by atoms with E-state index in [0.717, 1.165) is 34.2 Å². The van der Waals surface area contributed by atoms with Crippen molar-refractivity contribution in [2.24, 2.45) is 0 Å². The first-order valence-electron chi connectivity index (χ1n) is 8.58. The Balaban J connectivity index is 1.60. The van der Waals surface area contributed by atoms with Gasteiger partial charge in [0.15, 0.2) is 6.29 Å². The number of hydrogen-bond acceptors (Lipinski definition) is 2. The van der Waals surface area contributed by atoms with E-state index in [0.29, 0.717) is 5.69 Å². The summed E-state index contributed by atoms with van der Waals surface area (Å²) in [6.45, 7) is 2.03. The van der Waals surface area contributed by atoms with Crippen molar-refractivity contribution >= 4 is 23.6 Å². The fraction of sp³-hybridized carbons (Fsp3) is 0.0870. The van der Waals surface area contributed by atoms with Crippen LogP contribution in [0.5, 0.6) is 0 Å². The molecule has 3 heteroatoms. The summed E-state index contributed by atoms with van der Waals surface area (Å²) in [6.07, 6.45) is 2.95. The Morgan fingerprint density at radius 1 is 0.962 bits per heavy atom. The molecule has 2 heterocycles. The third kappa shape index (κ3) is 3.31. The maximum absolute atomic E-state index is 11.7. The fourth-order valence-electron chi connectivity index (χ4n) is 3.12. The lowest BCUT2D eigenvalue weighted by Crippen LogP contribution is -1.93. The molecule has 0 aliphatic rings. The Morgan fingerprint density at radius 3 is 2.46 bits per heavy atom. The number of aromatic nitrogens is 1. The molecule has 0 spiro atoms. The molecule has 4 rings (SSSR count). The zero-order chi connectivity index (χ0) is 17.9. The first-order valence-corrected chi connectivity index (χ1v) is 9.57. The summed E-state index contributed by atoms with van der Waals surface area (Å²) in [6, 6.07) is 25.1. The maximum atomic E-state index is 11.7. The van der Waals surface area contributed by atoms with Crippen molar-refractivity contribution in [2.45, 2.75) is 17.6 Å². The van der Waals surface area contributed by atoms with Crippen LogP contribution < -0.4 is 0 Å². The molecule has 2 nitrogen and oxygen atoms in total. The highest BCUT2D eigenvalue weighted by atomic mass is 32.2. The molecule has 4 aromatic rings. The van der Waals surface area contributed by atoms with E-state index < -0.39 is 0 Å². The van der Waals surface area contributed by atoms with Gasteiger partial charge in [0, 0.05) is 27.9 Å². The number of nitrogens with zero attached hydrogens (tertiary/aromatic N) is 1. The van der Waals surface area contributed by atoms with Gasteiger partial charge in [0.05, 0.1) is 5.69 Å². The smallest absolute Gasteiger partial charge is 0.167 e. The summed E-state index contributed by atoms with van der Waals surface area (Å²) in [5.41, 5.74) is 6.24. The highest BCUT2D eigenvalue weighted by Crippen LogP contribution is 2.30. The number of benzene rings is 2. The van der Waals surface area contributed by atoms with E-state index in [-0.39, 0.29) is 0 Å². The molecular formula is C23H19NOS. The van der Waals surface area contributed by atoms with Gasteiger partial charge in [-0.2, -0.15) is 0 Å². The van der Waals surface area contributed by atoms with E-state index >= 15 is 0 Å². The van der Waals surface area contributed by atoms with Gasteiger partial charge in [0.25, 0.3) is 0 Å². The van der Waals surface area contributed by atoms with Gasteiger partial charge in [-0.3, -0.25) is 4.79 Å². The van der Waals surface area contributed by atoms with Crippen LogP contribution in [0.4, 0.5) is 0 Å². The third-order valence-corrected chi connectivity index (χ3v) is 5.56. The zero-order valence-corrected chi connectivity index (χ0v) is 15.4. The minimum Gasteiger partial charge on any atom is -0.313 e. The first kappa shape index (κ1) is 16.7. The highest BCUT2D eigenvalue weighted by molar-refractivity contribution is 7.98. The Bertz CT molecular complexity index is 1050. The molecule has 0 aliphatic heterocycles. The van der Waals surface area contributed by atoms with Crippen LogP contribution in [0.15, 0.2) is 83.9 Å². The quantitative estimate of drug-likeness (QED) is 0.322. The Morgan fingerprint density at radius 2 is 1.73 bits per heavy atom. The SMILES string of the molecule is Cc1ccc2cc(-c3ccc(SCc4ccccc4)cc3)c(C=O)n2c1. The van der Waals surface area contributed by atoms with E-state index in [1.54, 1.807) is 0 Å². The van der Waals surface area contributed by atoms with E-state index in [2.05, 4.69) is 66.7 Å². The molecule has 0 aliphatic carbocycles. The molecule has 0 saturated heterocycles. The van der Waals surface area contributed by atoms with Crippen LogP contribution in [0.1, 0.15) is 21.6 Å². The number of fused-ring (bicyclic) bond motifs is 1. The largest absolute Gasteiger partial charge is 0.313 e. The summed E-state index contributed by atoms with van der Waals surface area (Å²) in [4.78, 5) is 12.9. The van der Waals surface area contributed by atoms with Crippen molar-refractivity contribution in [2.75, 3.05) is 0 Å². The average Bonchev–Trinajstić information content (AvgIpc) is 3.05. The van der Waals surface area contributed by atoms with Crippen molar-refractivity contribution in [3.63, 3.8) is 0 Å². The number of carbonyl (C=O) groups excluding carboxylic acids is 1. The second kappa shape index (κ2) is 7.22. The predicted molar refractivity (Wildman–Crippen MR) is 109 cm³/mol. The van der Waals surface area contributed by atoms with Crippen molar-refractivity contribution < 1.29 is 4.79 Å². The third-order valence-electron chi connectivity index (χ3n) is 4.48. The van der Waals surface area contributed by atoms with Gasteiger partial charge in [0.2, 0.25) is 0 Å². The van der Waals surface area contributed by atoms with Crippen molar-refractivity contribution in [3.8, 4) is 11.1 Å². The molecular weight excluding hydrogens is 338 g/mol. The lowest BCUT2D eigenvalue weighted by molar-refractivity contribution is 0.111. The van der Waals surface area contributed by atoms with Crippen LogP contribution in [0.2, 0.25) is 0 Å². The summed E-state index contributed by atoms with van der Waals surface area (Å²) in [5, 5.41) is 0. The molecule has 2 aromatic carbocycles. The van der Waals surface area contributed by atoms with Gasteiger partial charge >= 0.3 is 0 Å². The molecule has 0 saturated carbocycles. The second-order valence-electron chi connectivity index (χ2n) is 6.36. The molecule has 0 N–H and O–H groups in total. The van der Waals surface area contributed by atoms with Crippen LogP contribution in [0, 0.1) is 6.92 Å². The van der Waals surface area contributed by atoms with E-state index in [4.69, 9.17) is 0 Å². The van der Waals surface area contributed by atoms with Gasteiger partial charge in [-0.1, -0.05) is 48.5 Å². The average molecular weight is 357 g/mol. The molecule has 0 unspecified atom stereocenters. The summed E-state index contributed by atoms with van der Waals surface area (Å²) in [7, 11) is 0. The lowest BCUT2D eigenvalue weighted by Gasteiger charge is -2.05. The molecule has 0 radical (unpaired) electrons. The Hall–Kier alpha value is -2.78. The normalized spacial score (nSPS) is 11.0. The van der Waals surface area contributed by atoms with E-state index in [1.807, 2.05) is 35.3 Å². The van der Waals surface area contributed by atoms with Crippen molar-refractivity contribution in [3.05, 3.63) is 95.8 Å². The topological polar surface area (TPSA) is 21.5 Å². The fourth-order valence-corrected chi connectivity index (χ4v) is 3.97. The van der Waals surface area contributed by atoms with Crippen molar-refractivity contribution in [1.29, 1.82) is 0 Å². The minimum absolute atomic E-state index is 0.702. The van der Waals surface area contributed by atoms with Crippen molar-refractivity contribution in [1.82, 2.24) is 4.40 Å². The number of hydrogen-bond donors (Lipinski definition) is 0. The molecule has 0 bridgehead atoms. The molecule has 0 amide bonds. The highest BCUT2D eigenvalue weighted by Gasteiger charge is 2.11. The van der Waals surface area contributed by atoms with Gasteiger partial charge in [-0.05, 0) is 47.9 Å². The molecule has 128 valence electrons. The standard InChI is InChI=1S/C23H19NOS/c1-17-7-10-20-13-22(23(15-25)24(20)14-17)19-8-11-21(12-9-19)26-16-18-5-3-2-4-6-18/h2-15H,16H2,1H3. The number of aldehydes is 1. The van der Waals surface area contributed by atoms with Gasteiger partial charge < -0.3 is 4.40 Å². The lowest BCUT2D eigenvalue weighted by atomic mass is 10.1. The second-order valence-corrected chi connectivity index (χ2v) is 7.41. The monoisotopic (exact) mass is 357 g/mol. The number of pyridine rings is 1. The minimum atomic E-state index is 0.702. The number of aryl methyl sites for hydroxylation is 1. The van der Waals surface area contributed by atoms with Gasteiger partial charge in [-0.15, -0.1) is 11.8 Å². The Kier molecular flexibility index (Phi) is 4.63. The van der Waals surface area contributed by atoms with Gasteiger partial charge in [-0.25, -0.2) is 0 Å². The number of thioether (sulfide) groups is 1. The van der Waals surface area contributed by atoms with Crippen LogP contribution in [-0.4, -0.2) is 10.7 Å². The zero-order valence-electron chi connectivity index (χ0n) is 14.6. The molecule has 0 atom stereocenters.